The Morgan fingerprint density at radius 1 is 1.57 bits per heavy atom. The van der Waals surface area contributed by atoms with Gasteiger partial charge in [0, 0.05) is 12.6 Å². The summed E-state index contributed by atoms with van der Waals surface area (Å²) >= 11 is 0. The molecule has 0 spiro atoms. The van der Waals surface area contributed by atoms with Crippen molar-refractivity contribution in [1.29, 1.82) is 0 Å². The summed E-state index contributed by atoms with van der Waals surface area (Å²) < 4.78 is 0. The second-order valence-corrected chi connectivity index (χ2v) is 4.32. The topological polar surface area (TPSA) is 61.4 Å². The average molecular weight is 200 g/mol. The Hall–Kier alpha value is -0.770. The highest BCUT2D eigenvalue weighted by Crippen LogP contribution is 2.24. The minimum atomic E-state index is -0.483. The lowest BCUT2D eigenvalue weighted by Crippen LogP contribution is -2.43. The maximum Gasteiger partial charge on any atom is 0.315 e. The van der Waals surface area contributed by atoms with Gasteiger partial charge in [-0.25, -0.2) is 4.79 Å². The van der Waals surface area contributed by atoms with Gasteiger partial charge in [0.2, 0.25) is 0 Å². The first-order chi connectivity index (χ1) is 6.58. The zero-order chi connectivity index (χ0) is 10.6. The molecule has 0 aromatic rings. The van der Waals surface area contributed by atoms with Crippen molar-refractivity contribution in [3.63, 3.8) is 0 Å². The molecular formula is C10H20N2O2. The highest BCUT2D eigenvalue weighted by molar-refractivity contribution is 5.74. The molecule has 1 rings (SSSR count). The maximum absolute atomic E-state index is 11.3. The Balaban J connectivity index is 2.14. The van der Waals surface area contributed by atoms with E-state index >= 15 is 0 Å². The molecule has 1 saturated carbocycles. The van der Waals surface area contributed by atoms with Crippen LogP contribution in [0, 0.1) is 5.92 Å². The fourth-order valence-electron chi connectivity index (χ4n) is 1.82. The highest BCUT2D eigenvalue weighted by Gasteiger charge is 2.22. The Kier molecular flexibility index (Phi) is 4.20. The van der Waals surface area contributed by atoms with Gasteiger partial charge < -0.3 is 15.7 Å². The first-order valence-corrected chi connectivity index (χ1v) is 5.30. The van der Waals surface area contributed by atoms with Crippen LogP contribution in [0.25, 0.3) is 0 Å². The summed E-state index contributed by atoms with van der Waals surface area (Å²) in [5.74, 6) is 0.720. The number of amides is 2. The van der Waals surface area contributed by atoms with Crippen LogP contribution >= 0.6 is 0 Å². The second-order valence-electron chi connectivity index (χ2n) is 4.32. The fourth-order valence-corrected chi connectivity index (χ4v) is 1.82. The van der Waals surface area contributed by atoms with Crippen LogP contribution in [0.1, 0.15) is 33.1 Å². The summed E-state index contributed by atoms with van der Waals surface area (Å²) in [4.78, 5) is 11.3. The van der Waals surface area contributed by atoms with E-state index in [0.29, 0.717) is 12.6 Å². The van der Waals surface area contributed by atoms with Crippen LogP contribution in [0.4, 0.5) is 4.79 Å². The van der Waals surface area contributed by atoms with Crippen molar-refractivity contribution in [2.45, 2.75) is 45.3 Å². The van der Waals surface area contributed by atoms with Gasteiger partial charge in [-0.1, -0.05) is 6.92 Å². The summed E-state index contributed by atoms with van der Waals surface area (Å²) in [5.41, 5.74) is 0. The first kappa shape index (κ1) is 11.3. The molecule has 3 N–H and O–H groups in total. The van der Waals surface area contributed by atoms with Crippen LogP contribution in [0.3, 0.4) is 0 Å². The number of hydrogen-bond donors (Lipinski definition) is 3. The molecule has 2 amide bonds. The van der Waals surface area contributed by atoms with Gasteiger partial charge in [0.15, 0.2) is 0 Å². The zero-order valence-electron chi connectivity index (χ0n) is 8.92. The third-order valence-corrected chi connectivity index (χ3v) is 2.59. The molecule has 1 aliphatic carbocycles. The Labute approximate surface area is 85.1 Å². The van der Waals surface area contributed by atoms with Gasteiger partial charge in [0.05, 0.1) is 6.10 Å². The van der Waals surface area contributed by atoms with Crippen molar-refractivity contribution in [2.75, 3.05) is 6.54 Å². The number of carbonyl (C=O) groups is 1. The van der Waals surface area contributed by atoms with Crippen LogP contribution in [0.5, 0.6) is 0 Å². The minimum Gasteiger partial charge on any atom is -0.392 e. The maximum atomic E-state index is 11.3. The summed E-state index contributed by atoms with van der Waals surface area (Å²) in [5, 5.41) is 14.5. The third-order valence-electron chi connectivity index (χ3n) is 2.59. The van der Waals surface area contributed by atoms with E-state index in [1.54, 1.807) is 6.92 Å². The van der Waals surface area contributed by atoms with Crippen LogP contribution in [0.2, 0.25) is 0 Å². The molecule has 0 radical (unpaired) electrons. The lowest BCUT2D eigenvalue weighted by molar-refractivity contribution is 0.186. The van der Waals surface area contributed by atoms with E-state index in [0.717, 1.165) is 18.8 Å². The quantitative estimate of drug-likeness (QED) is 0.632. The third kappa shape index (κ3) is 3.96. The molecule has 1 fully saturated rings. The zero-order valence-corrected chi connectivity index (χ0v) is 8.92. The number of nitrogens with one attached hydrogen (secondary N) is 2. The van der Waals surface area contributed by atoms with Gasteiger partial charge in [-0.2, -0.15) is 0 Å². The van der Waals surface area contributed by atoms with Gasteiger partial charge in [0.25, 0.3) is 0 Å². The van der Waals surface area contributed by atoms with Crippen LogP contribution in [-0.2, 0) is 0 Å². The predicted molar refractivity (Wildman–Crippen MR) is 55.0 cm³/mol. The van der Waals surface area contributed by atoms with E-state index in [2.05, 4.69) is 17.6 Å². The molecule has 4 nitrogen and oxygen atoms in total. The molecular weight excluding hydrogens is 180 g/mol. The molecule has 82 valence electrons. The van der Waals surface area contributed by atoms with E-state index in [9.17, 15) is 4.79 Å². The van der Waals surface area contributed by atoms with Gasteiger partial charge >= 0.3 is 6.03 Å². The van der Waals surface area contributed by atoms with E-state index in [-0.39, 0.29) is 6.03 Å². The SMILES string of the molecule is C[C@H]1CC[C@@H](NC(=O)NC[C@H](C)O)C1. The molecule has 0 bridgehead atoms. The molecule has 0 aliphatic heterocycles. The predicted octanol–water partition coefficient (Wildman–Crippen LogP) is 0.855. The molecule has 14 heavy (non-hydrogen) atoms. The number of urea groups is 1. The Bertz CT molecular complexity index is 195. The van der Waals surface area contributed by atoms with Crippen molar-refractivity contribution >= 4 is 6.03 Å². The largest absolute Gasteiger partial charge is 0.392 e. The summed E-state index contributed by atoms with van der Waals surface area (Å²) in [6.07, 6.45) is 2.86. The Morgan fingerprint density at radius 3 is 2.79 bits per heavy atom. The normalized spacial score (nSPS) is 28.5. The van der Waals surface area contributed by atoms with Crippen molar-refractivity contribution < 1.29 is 9.90 Å². The number of aliphatic hydroxyl groups is 1. The van der Waals surface area contributed by atoms with Gasteiger partial charge in [-0.3, -0.25) is 0 Å². The molecule has 0 unspecified atom stereocenters. The highest BCUT2D eigenvalue weighted by atomic mass is 16.3. The molecule has 0 saturated heterocycles. The summed E-state index contributed by atoms with van der Waals surface area (Å²) in [7, 11) is 0. The standard InChI is InChI=1S/C10H20N2O2/c1-7-3-4-9(5-7)12-10(14)11-6-8(2)13/h7-9,13H,3-6H2,1-2H3,(H2,11,12,14)/t7-,8-,9+/m0/s1. The number of carbonyl (C=O) groups excluding carboxylic acids is 1. The molecule has 4 heteroatoms. The van der Waals surface area contributed by atoms with Crippen molar-refractivity contribution in [2.24, 2.45) is 5.92 Å². The lowest BCUT2D eigenvalue weighted by Gasteiger charge is -2.14. The lowest BCUT2D eigenvalue weighted by atomic mass is 10.1. The molecule has 1 aliphatic rings. The molecule has 0 aromatic carbocycles. The fraction of sp³-hybridized carbons (Fsp3) is 0.900. The summed E-state index contributed by atoms with van der Waals surface area (Å²) in [6.45, 7) is 4.17. The minimum absolute atomic E-state index is 0.162. The van der Waals surface area contributed by atoms with Crippen LogP contribution < -0.4 is 10.6 Å². The van der Waals surface area contributed by atoms with Crippen molar-refractivity contribution in [3.05, 3.63) is 0 Å². The number of rotatable bonds is 3. The van der Waals surface area contributed by atoms with Crippen LogP contribution in [-0.4, -0.2) is 29.8 Å². The van der Waals surface area contributed by atoms with E-state index in [1.165, 1.54) is 6.42 Å². The second kappa shape index (κ2) is 5.20. The van der Waals surface area contributed by atoms with Gasteiger partial charge in [0.1, 0.15) is 0 Å². The number of hydrogen-bond acceptors (Lipinski definition) is 2. The van der Waals surface area contributed by atoms with E-state index in [1.807, 2.05) is 0 Å². The number of aliphatic hydroxyl groups excluding tert-OH is 1. The molecule has 3 atom stereocenters. The van der Waals surface area contributed by atoms with E-state index in [4.69, 9.17) is 5.11 Å². The van der Waals surface area contributed by atoms with Gasteiger partial charge in [-0.15, -0.1) is 0 Å². The molecule has 0 aromatic heterocycles. The molecule has 0 heterocycles. The average Bonchev–Trinajstić information content (AvgIpc) is 2.48. The van der Waals surface area contributed by atoms with Gasteiger partial charge in [-0.05, 0) is 32.1 Å². The van der Waals surface area contributed by atoms with Crippen LogP contribution in [0.15, 0.2) is 0 Å². The van der Waals surface area contributed by atoms with E-state index < -0.39 is 6.10 Å². The monoisotopic (exact) mass is 200 g/mol. The van der Waals surface area contributed by atoms with Crippen molar-refractivity contribution in [3.8, 4) is 0 Å². The first-order valence-electron chi connectivity index (χ1n) is 5.30. The Morgan fingerprint density at radius 2 is 2.29 bits per heavy atom. The summed E-state index contributed by atoms with van der Waals surface area (Å²) in [6, 6.07) is 0.156. The van der Waals surface area contributed by atoms with Crippen molar-refractivity contribution in [1.82, 2.24) is 10.6 Å². The smallest absolute Gasteiger partial charge is 0.315 e.